The molecule has 0 atom stereocenters. The first-order valence-corrected chi connectivity index (χ1v) is 12.0. The van der Waals surface area contributed by atoms with E-state index in [-0.39, 0.29) is 23.6 Å². The van der Waals surface area contributed by atoms with Crippen molar-refractivity contribution in [1.29, 1.82) is 0 Å². The fraction of sp³-hybridized carbons (Fsp3) is 0.115. The van der Waals surface area contributed by atoms with Crippen LogP contribution in [0.15, 0.2) is 74.7 Å². The Hall–Kier alpha value is -4.71. The molecular formula is C26H20BrN3O8. The Labute approximate surface area is 223 Å². The smallest absolute Gasteiger partial charge is 0.335 e. The molecule has 0 fully saturated rings. The normalized spacial score (nSPS) is 11.0. The van der Waals surface area contributed by atoms with Gasteiger partial charge in [0.1, 0.15) is 12.2 Å². The Morgan fingerprint density at radius 1 is 1.13 bits per heavy atom. The van der Waals surface area contributed by atoms with Crippen LogP contribution in [-0.2, 0) is 6.61 Å². The number of ether oxygens (including phenoxy) is 2. The lowest BCUT2D eigenvalue weighted by Gasteiger charge is -2.14. The van der Waals surface area contributed by atoms with E-state index in [2.05, 4.69) is 26.5 Å². The Morgan fingerprint density at radius 3 is 2.58 bits per heavy atom. The predicted octanol–water partition coefficient (Wildman–Crippen LogP) is 5.54. The van der Waals surface area contributed by atoms with Crippen molar-refractivity contribution in [3.63, 3.8) is 0 Å². The number of furan rings is 1. The second kappa shape index (κ2) is 11.6. The highest BCUT2D eigenvalue weighted by molar-refractivity contribution is 9.10. The summed E-state index contributed by atoms with van der Waals surface area (Å²) in [6.45, 7) is 2.38. The van der Waals surface area contributed by atoms with Crippen LogP contribution in [0.25, 0.3) is 11.0 Å². The number of carboxylic acids is 1. The maximum Gasteiger partial charge on any atom is 0.335 e. The summed E-state index contributed by atoms with van der Waals surface area (Å²) in [6, 6.07) is 15.2. The minimum atomic E-state index is -1.00. The molecule has 3 aromatic carbocycles. The number of nitrogens with one attached hydrogen (secondary N) is 1. The summed E-state index contributed by atoms with van der Waals surface area (Å²) >= 11 is 3.47. The third-order valence-corrected chi connectivity index (χ3v) is 5.82. The molecule has 1 amide bonds. The number of amides is 1. The Balaban J connectivity index is 1.45. The first-order chi connectivity index (χ1) is 18.2. The van der Waals surface area contributed by atoms with E-state index in [1.54, 1.807) is 24.3 Å². The van der Waals surface area contributed by atoms with E-state index in [1.165, 1.54) is 42.6 Å². The van der Waals surface area contributed by atoms with Gasteiger partial charge in [-0.25, -0.2) is 10.2 Å². The molecule has 4 rings (SSSR count). The first-order valence-electron chi connectivity index (χ1n) is 11.2. The van der Waals surface area contributed by atoms with E-state index in [9.17, 15) is 19.7 Å². The van der Waals surface area contributed by atoms with E-state index >= 15 is 0 Å². The number of halogens is 1. The van der Waals surface area contributed by atoms with Gasteiger partial charge >= 0.3 is 11.9 Å². The summed E-state index contributed by atoms with van der Waals surface area (Å²) in [4.78, 5) is 33.9. The molecule has 0 aliphatic heterocycles. The molecule has 0 saturated carbocycles. The molecule has 4 aromatic rings. The number of non-ortho nitro benzene ring substituents is 1. The third kappa shape index (κ3) is 6.16. The van der Waals surface area contributed by atoms with Crippen molar-refractivity contribution < 1.29 is 33.5 Å². The summed E-state index contributed by atoms with van der Waals surface area (Å²) < 4.78 is 17.7. The second-order valence-electron chi connectivity index (χ2n) is 7.84. The molecule has 1 heterocycles. The summed E-state index contributed by atoms with van der Waals surface area (Å²) in [5.74, 6) is -0.786. The predicted molar refractivity (Wildman–Crippen MR) is 141 cm³/mol. The number of carbonyl (C=O) groups excluding carboxylic acids is 1. The number of benzene rings is 3. The van der Waals surface area contributed by atoms with Crippen molar-refractivity contribution >= 4 is 50.7 Å². The van der Waals surface area contributed by atoms with Crippen molar-refractivity contribution in [2.45, 2.75) is 13.5 Å². The van der Waals surface area contributed by atoms with Crippen LogP contribution in [0.1, 0.15) is 39.0 Å². The van der Waals surface area contributed by atoms with Gasteiger partial charge in [0.25, 0.3) is 5.69 Å². The summed E-state index contributed by atoms with van der Waals surface area (Å²) in [7, 11) is 0. The minimum Gasteiger partial charge on any atom is -0.490 e. The molecular weight excluding hydrogens is 562 g/mol. The maximum absolute atomic E-state index is 12.5. The van der Waals surface area contributed by atoms with E-state index in [4.69, 9.17) is 19.0 Å². The zero-order valence-corrected chi connectivity index (χ0v) is 21.4. The molecule has 194 valence electrons. The van der Waals surface area contributed by atoms with Crippen LogP contribution in [0, 0.1) is 10.1 Å². The Bertz CT molecular complexity index is 1550. The van der Waals surface area contributed by atoms with Crippen molar-refractivity contribution in [3.8, 4) is 11.5 Å². The number of carboxylic acid groups (broad SMARTS) is 1. The number of hydrazone groups is 1. The lowest BCUT2D eigenvalue weighted by Crippen LogP contribution is -2.16. The number of nitro groups is 1. The second-order valence-corrected chi connectivity index (χ2v) is 8.70. The molecule has 0 aliphatic carbocycles. The number of hydrogen-bond donors (Lipinski definition) is 2. The van der Waals surface area contributed by atoms with Gasteiger partial charge in [0.15, 0.2) is 17.3 Å². The van der Waals surface area contributed by atoms with Gasteiger partial charge in [-0.2, -0.15) is 5.10 Å². The molecule has 0 spiro atoms. The van der Waals surface area contributed by atoms with Gasteiger partial charge in [0.2, 0.25) is 0 Å². The SMILES string of the molecule is CCOc1cc(/C=N\NC(=O)c2cc3cc([N+](=O)[O-])ccc3o2)cc(Br)c1OCc1ccc(C(=O)O)cc1. The third-order valence-electron chi connectivity index (χ3n) is 5.23. The lowest BCUT2D eigenvalue weighted by atomic mass is 10.1. The molecule has 12 heteroatoms. The topological polar surface area (TPSA) is 154 Å². The average Bonchev–Trinajstić information content (AvgIpc) is 3.32. The molecule has 1 aromatic heterocycles. The van der Waals surface area contributed by atoms with Gasteiger partial charge in [0, 0.05) is 17.5 Å². The standard InChI is InChI=1S/C26H20BrN3O8/c1-2-36-22-10-16(9-20(27)24(22)37-14-15-3-5-17(6-4-15)26(32)33)13-28-29-25(31)23-12-18-11-19(30(34)35)7-8-21(18)38-23/h3-13H,2,14H2,1H3,(H,29,31)(H,32,33)/b28-13-. The highest BCUT2D eigenvalue weighted by Crippen LogP contribution is 2.37. The molecule has 11 nitrogen and oxygen atoms in total. The molecule has 0 unspecified atom stereocenters. The number of aromatic carboxylic acids is 1. The maximum atomic E-state index is 12.5. The fourth-order valence-corrected chi connectivity index (χ4v) is 4.02. The van der Waals surface area contributed by atoms with E-state index in [1.807, 2.05) is 6.92 Å². The molecule has 0 aliphatic rings. The number of nitro benzene ring substituents is 1. The molecule has 0 saturated heterocycles. The zero-order valence-electron chi connectivity index (χ0n) is 19.8. The van der Waals surface area contributed by atoms with Gasteiger partial charge in [0.05, 0.1) is 27.8 Å². The number of nitrogens with zero attached hydrogens (tertiary/aromatic N) is 2. The monoisotopic (exact) mass is 581 g/mol. The van der Waals surface area contributed by atoms with Crippen LogP contribution in [0.2, 0.25) is 0 Å². The minimum absolute atomic E-state index is 0.0473. The number of rotatable bonds is 10. The molecule has 38 heavy (non-hydrogen) atoms. The van der Waals surface area contributed by atoms with Crippen molar-refractivity contribution in [2.75, 3.05) is 6.61 Å². The summed E-state index contributed by atoms with van der Waals surface area (Å²) in [5.41, 5.74) is 4.15. The van der Waals surface area contributed by atoms with E-state index in [0.717, 1.165) is 5.56 Å². The highest BCUT2D eigenvalue weighted by atomic mass is 79.9. The number of fused-ring (bicyclic) bond motifs is 1. The van der Waals surface area contributed by atoms with Gasteiger partial charge in [-0.05, 0) is 70.4 Å². The quantitative estimate of drug-likeness (QED) is 0.140. The Kier molecular flexibility index (Phi) is 8.02. The van der Waals surface area contributed by atoms with E-state index in [0.29, 0.717) is 39.1 Å². The molecule has 0 bridgehead atoms. The zero-order chi connectivity index (χ0) is 27.2. The number of carbonyl (C=O) groups is 2. The first kappa shape index (κ1) is 26.4. The molecule has 2 N–H and O–H groups in total. The van der Waals surface area contributed by atoms with Gasteiger partial charge in [-0.15, -0.1) is 0 Å². The summed E-state index contributed by atoms with van der Waals surface area (Å²) in [6.07, 6.45) is 1.41. The van der Waals surface area contributed by atoms with Gasteiger partial charge in [-0.3, -0.25) is 14.9 Å². The largest absolute Gasteiger partial charge is 0.490 e. The van der Waals surface area contributed by atoms with E-state index < -0.39 is 16.8 Å². The van der Waals surface area contributed by atoms with Crippen LogP contribution in [0.4, 0.5) is 5.69 Å². The van der Waals surface area contributed by atoms with Crippen molar-refractivity contribution in [2.24, 2.45) is 5.10 Å². The Morgan fingerprint density at radius 2 is 1.89 bits per heavy atom. The lowest BCUT2D eigenvalue weighted by molar-refractivity contribution is -0.384. The molecule has 0 radical (unpaired) electrons. The van der Waals surface area contributed by atoms with Crippen molar-refractivity contribution in [1.82, 2.24) is 5.43 Å². The average molecular weight is 582 g/mol. The fourth-order valence-electron chi connectivity index (χ4n) is 3.44. The van der Waals surface area contributed by atoms with Crippen LogP contribution < -0.4 is 14.9 Å². The van der Waals surface area contributed by atoms with Crippen LogP contribution >= 0.6 is 15.9 Å². The number of hydrogen-bond acceptors (Lipinski definition) is 8. The van der Waals surface area contributed by atoms with Crippen molar-refractivity contribution in [3.05, 3.63) is 97.7 Å². The highest BCUT2D eigenvalue weighted by Gasteiger charge is 2.15. The van der Waals surface area contributed by atoms with Crippen LogP contribution in [0.5, 0.6) is 11.5 Å². The van der Waals surface area contributed by atoms with Gasteiger partial charge in [-0.1, -0.05) is 12.1 Å². The summed E-state index contributed by atoms with van der Waals surface area (Å²) in [5, 5.41) is 24.4. The van der Waals surface area contributed by atoms with Crippen LogP contribution in [-0.4, -0.2) is 34.7 Å². The van der Waals surface area contributed by atoms with Crippen LogP contribution in [0.3, 0.4) is 0 Å². The van der Waals surface area contributed by atoms with Gasteiger partial charge < -0.3 is 19.0 Å².